The molecule has 6 nitrogen and oxygen atoms in total. The van der Waals surface area contributed by atoms with E-state index in [9.17, 15) is 10.2 Å². The molecule has 0 bridgehead atoms. The first-order valence-corrected chi connectivity index (χ1v) is 4.20. The fourth-order valence-electron chi connectivity index (χ4n) is 1.10. The topological polar surface area (TPSA) is 104 Å². The van der Waals surface area contributed by atoms with E-state index in [-0.39, 0.29) is 11.0 Å². The molecule has 0 heterocycles. The lowest BCUT2D eigenvalue weighted by Crippen LogP contribution is -2.49. The minimum atomic E-state index is -1.57. The van der Waals surface area contributed by atoms with Crippen LogP contribution in [0, 0.1) is 5.92 Å². The molecule has 78 valence electrons. The molecule has 13 heavy (non-hydrogen) atoms. The Labute approximate surface area is 75.6 Å². The molecule has 0 aromatic carbocycles. The van der Waals surface area contributed by atoms with Crippen LogP contribution in [0.15, 0.2) is 0 Å². The predicted molar refractivity (Wildman–Crippen MR) is 41.5 cm³/mol. The zero-order valence-electron chi connectivity index (χ0n) is 7.11. The molecule has 0 radical (unpaired) electrons. The van der Waals surface area contributed by atoms with Gasteiger partial charge in [0.15, 0.2) is 12.5 Å². The van der Waals surface area contributed by atoms with E-state index in [1.807, 2.05) is 0 Å². The Morgan fingerprint density at radius 3 is 2.15 bits per heavy atom. The van der Waals surface area contributed by atoms with Gasteiger partial charge in [-0.3, -0.25) is 0 Å². The van der Waals surface area contributed by atoms with Crippen molar-refractivity contribution >= 4 is 0 Å². The van der Waals surface area contributed by atoms with Crippen molar-refractivity contribution in [2.24, 2.45) is 5.92 Å². The van der Waals surface area contributed by atoms with Gasteiger partial charge in [0.05, 0.1) is 12.7 Å². The average molecular weight is 193 g/mol. The fraction of sp³-hybridized carbons (Fsp3) is 1.00. The van der Waals surface area contributed by atoms with E-state index in [4.69, 9.17) is 15.4 Å². The van der Waals surface area contributed by atoms with Crippen molar-refractivity contribution in [2.75, 3.05) is 6.61 Å². The predicted octanol–water partition coefficient (Wildman–Crippen LogP) is -1.92. The molecule has 0 aromatic heterocycles. The summed E-state index contributed by atoms with van der Waals surface area (Å²) in [4.78, 5) is 0. The number of hydrogen-bond donors (Lipinski definition) is 5. The summed E-state index contributed by atoms with van der Waals surface area (Å²) in [5.74, 6) is -0.0180. The third-order valence-electron chi connectivity index (χ3n) is 2.15. The molecule has 3 unspecified atom stereocenters. The summed E-state index contributed by atoms with van der Waals surface area (Å²) >= 11 is 0. The SMILES string of the molecule is OCC(O)N(O)C(O)C(O)C1CC1. The van der Waals surface area contributed by atoms with Crippen LogP contribution in [-0.4, -0.2) is 55.9 Å². The molecule has 1 rings (SSSR count). The van der Waals surface area contributed by atoms with Crippen LogP contribution in [0.25, 0.3) is 0 Å². The van der Waals surface area contributed by atoms with Gasteiger partial charge in [-0.1, -0.05) is 0 Å². The largest absolute Gasteiger partial charge is 0.392 e. The summed E-state index contributed by atoms with van der Waals surface area (Å²) in [5, 5.41) is 45.1. The molecule has 1 saturated carbocycles. The van der Waals surface area contributed by atoms with Gasteiger partial charge in [-0.2, -0.15) is 0 Å². The first kappa shape index (κ1) is 10.8. The molecule has 1 aliphatic carbocycles. The quantitative estimate of drug-likeness (QED) is 0.257. The maximum Gasteiger partial charge on any atom is 0.158 e. The van der Waals surface area contributed by atoms with Crippen molar-refractivity contribution in [1.29, 1.82) is 0 Å². The van der Waals surface area contributed by atoms with Crippen LogP contribution in [0.5, 0.6) is 0 Å². The van der Waals surface area contributed by atoms with Gasteiger partial charge < -0.3 is 25.6 Å². The highest BCUT2D eigenvalue weighted by atomic mass is 16.6. The minimum absolute atomic E-state index is 0.0180. The molecule has 1 aliphatic rings. The molecule has 0 aliphatic heterocycles. The molecule has 6 heteroatoms. The van der Waals surface area contributed by atoms with E-state index in [0.717, 1.165) is 12.8 Å². The maximum absolute atomic E-state index is 9.33. The van der Waals surface area contributed by atoms with Crippen LogP contribution in [0.4, 0.5) is 0 Å². The summed E-state index contributed by atoms with van der Waals surface area (Å²) in [5.41, 5.74) is 0. The van der Waals surface area contributed by atoms with E-state index >= 15 is 0 Å². The lowest BCUT2D eigenvalue weighted by molar-refractivity contribution is -0.297. The van der Waals surface area contributed by atoms with Crippen LogP contribution in [0.2, 0.25) is 0 Å². The highest BCUT2D eigenvalue weighted by molar-refractivity contribution is 4.84. The van der Waals surface area contributed by atoms with Gasteiger partial charge >= 0.3 is 0 Å². The lowest BCUT2D eigenvalue weighted by atomic mass is 10.2. The van der Waals surface area contributed by atoms with Crippen molar-refractivity contribution < 1.29 is 25.6 Å². The van der Waals surface area contributed by atoms with E-state index < -0.39 is 25.2 Å². The summed E-state index contributed by atoms with van der Waals surface area (Å²) in [6.45, 7) is -0.703. The number of rotatable bonds is 5. The minimum Gasteiger partial charge on any atom is -0.392 e. The third-order valence-corrected chi connectivity index (χ3v) is 2.15. The van der Waals surface area contributed by atoms with Gasteiger partial charge in [0.25, 0.3) is 0 Å². The van der Waals surface area contributed by atoms with Gasteiger partial charge in [0, 0.05) is 0 Å². The van der Waals surface area contributed by atoms with Gasteiger partial charge in [0.1, 0.15) is 0 Å². The molecule has 3 atom stereocenters. The Bertz CT molecular complexity index is 163. The Kier molecular flexibility index (Phi) is 3.60. The lowest BCUT2D eigenvalue weighted by Gasteiger charge is -2.28. The monoisotopic (exact) mass is 193 g/mol. The van der Waals surface area contributed by atoms with Crippen molar-refractivity contribution in [3.8, 4) is 0 Å². The van der Waals surface area contributed by atoms with Crippen LogP contribution in [0.1, 0.15) is 12.8 Å². The highest BCUT2D eigenvalue weighted by Gasteiger charge is 2.38. The Morgan fingerprint density at radius 2 is 1.77 bits per heavy atom. The van der Waals surface area contributed by atoms with E-state index in [0.29, 0.717) is 0 Å². The number of aliphatic hydroxyl groups is 4. The molecule has 5 N–H and O–H groups in total. The standard InChI is InChI=1S/C7H15NO5/c9-3-5(10)8(13)7(12)6(11)4-1-2-4/h4-7,9-13H,1-3H2. The molecular weight excluding hydrogens is 178 g/mol. The average Bonchev–Trinajstić information content (AvgIpc) is 2.96. The summed E-state index contributed by atoms with van der Waals surface area (Å²) in [6, 6.07) is 0. The number of aliphatic hydroxyl groups excluding tert-OH is 4. The highest BCUT2D eigenvalue weighted by Crippen LogP contribution is 2.34. The van der Waals surface area contributed by atoms with Gasteiger partial charge in [-0.15, -0.1) is 5.06 Å². The van der Waals surface area contributed by atoms with Crippen LogP contribution >= 0.6 is 0 Å². The number of nitrogens with zero attached hydrogens (tertiary/aromatic N) is 1. The smallest absolute Gasteiger partial charge is 0.158 e. The molecule has 1 fully saturated rings. The zero-order chi connectivity index (χ0) is 10.0. The Hall–Kier alpha value is -0.240. The summed E-state index contributed by atoms with van der Waals surface area (Å²) < 4.78 is 0. The van der Waals surface area contributed by atoms with Gasteiger partial charge in [0.2, 0.25) is 0 Å². The summed E-state index contributed by atoms with van der Waals surface area (Å²) in [6.07, 6.45) is -2.58. The van der Waals surface area contributed by atoms with Crippen molar-refractivity contribution in [3.05, 3.63) is 0 Å². The van der Waals surface area contributed by atoms with Crippen molar-refractivity contribution in [2.45, 2.75) is 31.4 Å². The first-order chi connectivity index (χ1) is 6.07. The Morgan fingerprint density at radius 1 is 1.23 bits per heavy atom. The van der Waals surface area contributed by atoms with E-state index in [1.165, 1.54) is 0 Å². The molecule has 0 saturated heterocycles. The molecule has 0 amide bonds. The number of hydrogen-bond acceptors (Lipinski definition) is 6. The van der Waals surface area contributed by atoms with Gasteiger partial charge in [-0.05, 0) is 18.8 Å². The van der Waals surface area contributed by atoms with Crippen molar-refractivity contribution in [3.63, 3.8) is 0 Å². The molecule has 0 aromatic rings. The second kappa shape index (κ2) is 4.32. The number of hydroxylamine groups is 2. The van der Waals surface area contributed by atoms with E-state index in [2.05, 4.69) is 0 Å². The van der Waals surface area contributed by atoms with Gasteiger partial charge in [-0.25, -0.2) is 0 Å². The van der Waals surface area contributed by atoms with E-state index in [1.54, 1.807) is 0 Å². The zero-order valence-corrected chi connectivity index (χ0v) is 7.11. The second-order valence-electron chi connectivity index (χ2n) is 3.28. The third kappa shape index (κ3) is 2.60. The van der Waals surface area contributed by atoms with Crippen molar-refractivity contribution in [1.82, 2.24) is 5.06 Å². The van der Waals surface area contributed by atoms with Crippen LogP contribution in [0.3, 0.4) is 0 Å². The Balaban J connectivity index is 2.39. The maximum atomic E-state index is 9.33. The molecular formula is C7H15NO5. The van der Waals surface area contributed by atoms with Crippen LogP contribution < -0.4 is 0 Å². The van der Waals surface area contributed by atoms with Crippen LogP contribution in [-0.2, 0) is 0 Å². The fourth-order valence-corrected chi connectivity index (χ4v) is 1.10. The molecule has 0 spiro atoms. The first-order valence-electron chi connectivity index (χ1n) is 4.20. The second-order valence-corrected chi connectivity index (χ2v) is 3.28. The normalized spacial score (nSPS) is 24.5. The summed E-state index contributed by atoms with van der Waals surface area (Å²) in [7, 11) is 0.